The summed E-state index contributed by atoms with van der Waals surface area (Å²) in [6, 6.07) is 13.3. The molecular formula is C15H14N2O2. The highest BCUT2D eigenvalue weighted by Crippen LogP contribution is 2.17. The summed E-state index contributed by atoms with van der Waals surface area (Å²) in [7, 11) is 0. The van der Waals surface area contributed by atoms with Crippen LogP contribution >= 0.6 is 0 Å². The smallest absolute Gasteiger partial charge is 0.268 e. The predicted octanol–water partition coefficient (Wildman–Crippen LogP) is 3.25. The highest BCUT2D eigenvalue weighted by Gasteiger charge is 2.14. The molecule has 0 spiro atoms. The molecular weight excluding hydrogens is 240 g/mol. The zero-order chi connectivity index (χ0) is 13.2. The molecule has 4 heteroatoms. The van der Waals surface area contributed by atoms with Crippen LogP contribution in [0.25, 0.3) is 11.1 Å². The highest BCUT2D eigenvalue weighted by molar-refractivity contribution is 5.96. The highest BCUT2D eigenvalue weighted by atomic mass is 16.3. The number of rotatable bonds is 3. The van der Waals surface area contributed by atoms with Gasteiger partial charge in [0.15, 0.2) is 5.58 Å². The second kappa shape index (κ2) is 4.65. The maximum Gasteiger partial charge on any atom is 0.268 e. The van der Waals surface area contributed by atoms with Crippen LogP contribution in [0.2, 0.25) is 0 Å². The lowest BCUT2D eigenvalue weighted by atomic mass is 10.1. The van der Waals surface area contributed by atoms with E-state index in [9.17, 15) is 4.79 Å². The van der Waals surface area contributed by atoms with Gasteiger partial charge in [0.25, 0.3) is 5.91 Å². The number of fused-ring (bicyclic) bond motifs is 1. The molecule has 0 bridgehead atoms. The van der Waals surface area contributed by atoms with E-state index in [-0.39, 0.29) is 11.9 Å². The molecule has 0 aliphatic carbocycles. The average Bonchev–Trinajstić information content (AvgIpc) is 3.00. The molecule has 3 aromatic rings. The molecule has 1 unspecified atom stereocenters. The van der Waals surface area contributed by atoms with Crippen molar-refractivity contribution in [3.05, 3.63) is 60.0 Å². The number of aromatic nitrogens is 1. The second-order valence-corrected chi connectivity index (χ2v) is 4.49. The van der Waals surface area contributed by atoms with E-state index >= 15 is 0 Å². The third kappa shape index (κ3) is 2.25. The summed E-state index contributed by atoms with van der Waals surface area (Å²) in [4.78, 5) is 15.1. The molecule has 0 aliphatic rings. The number of hydrogen-bond donors (Lipinski definition) is 2. The van der Waals surface area contributed by atoms with Gasteiger partial charge in [-0.1, -0.05) is 30.3 Å². The molecule has 0 aliphatic heterocycles. The zero-order valence-corrected chi connectivity index (χ0v) is 10.5. The van der Waals surface area contributed by atoms with Crippen LogP contribution in [0.4, 0.5) is 0 Å². The number of nitrogens with one attached hydrogen (secondary N) is 2. The van der Waals surface area contributed by atoms with Gasteiger partial charge in [0, 0.05) is 12.1 Å². The Morgan fingerprint density at radius 1 is 1.26 bits per heavy atom. The lowest BCUT2D eigenvalue weighted by Crippen LogP contribution is -2.26. The Labute approximate surface area is 110 Å². The van der Waals surface area contributed by atoms with Crippen molar-refractivity contribution < 1.29 is 9.21 Å². The largest absolute Gasteiger partial charge is 0.463 e. The van der Waals surface area contributed by atoms with Gasteiger partial charge >= 0.3 is 0 Å². The van der Waals surface area contributed by atoms with Gasteiger partial charge < -0.3 is 14.7 Å². The Kier molecular flexibility index (Phi) is 2.83. The van der Waals surface area contributed by atoms with E-state index in [0.29, 0.717) is 11.3 Å². The van der Waals surface area contributed by atoms with Crippen LogP contribution in [0.3, 0.4) is 0 Å². The fraction of sp³-hybridized carbons (Fsp3) is 0.133. The van der Waals surface area contributed by atoms with Gasteiger partial charge in [0.2, 0.25) is 0 Å². The molecule has 1 amide bonds. The van der Waals surface area contributed by atoms with E-state index < -0.39 is 0 Å². The van der Waals surface area contributed by atoms with Crippen molar-refractivity contribution in [3.63, 3.8) is 0 Å². The molecule has 1 aromatic carbocycles. The summed E-state index contributed by atoms with van der Waals surface area (Å²) in [6.07, 6.45) is 1.59. The molecule has 0 radical (unpaired) electrons. The van der Waals surface area contributed by atoms with Gasteiger partial charge in [-0.25, -0.2) is 0 Å². The first-order valence-corrected chi connectivity index (χ1v) is 6.16. The number of amides is 1. The first-order chi connectivity index (χ1) is 9.24. The fourth-order valence-electron chi connectivity index (χ4n) is 2.07. The number of hydrogen-bond acceptors (Lipinski definition) is 2. The van der Waals surface area contributed by atoms with Crippen molar-refractivity contribution in [1.82, 2.24) is 10.3 Å². The van der Waals surface area contributed by atoms with E-state index in [4.69, 9.17) is 4.42 Å². The van der Waals surface area contributed by atoms with E-state index in [1.54, 1.807) is 18.4 Å². The molecule has 0 fully saturated rings. The van der Waals surface area contributed by atoms with Crippen molar-refractivity contribution in [1.29, 1.82) is 0 Å². The molecule has 3 rings (SSSR count). The fourth-order valence-corrected chi connectivity index (χ4v) is 2.07. The molecule has 19 heavy (non-hydrogen) atoms. The number of aromatic amines is 1. The summed E-state index contributed by atoms with van der Waals surface area (Å²) in [5.41, 5.74) is 3.11. The lowest BCUT2D eigenvalue weighted by molar-refractivity contribution is 0.0935. The van der Waals surface area contributed by atoms with E-state index in [0.717, 1.165) is 11.1 Å². The standard InChI is InChI=1S/C15H14N2O2/c1-10(11-5-3-2-4-6-11)16-15(18)13-9-14-12(17-13)7-8-19-14/h2-10,17H,1H3,(H,16,18). The summed E-state index contributed by atoms with van der Waals surface area (Å²) in [5, 5.41) is 2.95. The Balaban J connectivity index is 1.76. The average molecular weight is 254 g/mol. The Morgan fingerprint density at radius 2 is 2.05 bits per heavy atom. The van der Waals surface area contributed by atoms with Gasteiger partial charge in [-0.05, 0) is 12.5 Å². The summed E-state index contributed by atoms with van der Waals surface area (Å²) in [5.74, 6) is -0.136. The van der Waals surface area contributed by atoms with Crippen LogP contribution in [0, 0.1) is 0 Å². The minimum absolute atomic E-state index is 0.0386. The van der Waals surface area contributed by atoms with Crippen LogP contribution < -0.4 is 5.32 Å². The van der Waals surface area contributed by atoms with Crippen LogP contribution in [0.15, 0.2) is 53.1 Å². The van der Waals surface area contributed by atoms with Crippen molar-refractivity contribution in [2.75, 3.05) is 0 Å². The second-order valence-electron chi connectivity index (χ2n) is 4.49. The van der Waals surface area contributed by atoms with Gasteiger partial charge in [-0.2, -0.15) is 0 Å². The van der Waals surface area contributed by atoms with E-state index in [1.807, 2.05) is 37.3 Å². The van der Waals surface area contributed by atoms with Crippen molar-refractivity contribution in [2.45, 2.75) is 13.0 Å². The zero-order valence-electron chi connectivity index (χ0n) is 10.5. The third-order valence-electron chi connectivity index (χ3n) is 3.13. The number of carbonyl (C=O) groups is 1. The quantitative estimate of drug-likeness (QED) is 0.753. The molecule has 4 nitrogen and oxygen atoms in total. The van der Waals surface area contributed by atoms with Crippen LogP contribution in [-0.2, 0) is 0 Å². The predicted molar refractivity (Wildman–Crippen MR) is 72.9 cm³/mol. The SMILES string of the molecule is CC(NC(=O)c1cc2occc2[nH]1)c1ccccc1. The maximum atomic E-state index is 12.1. The molecule has 0 saturated carbocycles. The topological polar surface area (TPSA) is 58.0 Å². The van der Waals surface area contributed by atoms with Gasteiger partial charge in [0.1, 0.15) is 5.69 Å². The summed E-state index contributed by atoms with van der Waals surface area (Å²) < 4.78 is 5.23. The number of benzene rings is 1. The molecule has 2 aromatic heterocycles. The number of H-pyrrole nitrogens is 1. The molecule has 2 N–H and O–H groups in total. The first-order valence-electron chi connectivity index (χ1n) is 6.16. The van der Waals surface area contributed by atoms with Crippen molar-refractivity contribution in [2.24, 2.45) is 0 Å². The monoisotopic (exact) mass is 254 g/mol. The maximum absolute atomic E-state index is 12.1. The van der Waals surface area contributed by atoms with Gasteiger partial charge in [-0.15, -0.1) is 0 Å². The molecule has 1 atom stereocenters. The first kappa shape index (κ1) is 11.6. The van der Waals surface area contributed by atoms with Gasteiger partial charge in [0.05, 0.1) is 17.8 Å². The minimum atomic E-state index is -0.136. The molecule has 0 saturated heterocycles. The lowest BCUT2D eigenvalue weighted by Gasteiger charge is -2.13. The minimum Gasteiger partial charge on any atom is -0.463 e. The number of furan rings is 1. The van der Waals surface area contributed by atoms with Crippen LogP contribution in [0.5, 0.6) is 0 Å². The Morgan fingerprint density at radius 3 is 2.79 bits per heavy atom. The Hall–Kier alpha value is -2.49. The van der Waals surface area contributed by atoms with Crippen molar-refractivity contribution in [3.8, 4) is 0 Å². The van der Waals surface area contributed by atoms with Crippen LogP contribution in [0.1, 0.15) is 29.0 Å². The summed E-state index contributed by atoms with van der Waals surface area (Å²) >= 11 is 0. The number of carbonyl (C=O) groups excluding carboxylic acids is 1. The van der Waals surface area contributed by atoms with Crippen molar-refractivity contribution >= 4 is 17.0 Å². The van der Waals surface area contributed by atoms with E-state index in [1.165, 1.54) is 0 Å². The Bertz CT molecular complexity index is 669. The van der Waals surface area contributed by atoms with Crippen LogP contribution in [-0.4, -0.2) is 10.9 Å². The molecule has 96 valence electrons. The summed E-state index contributed by atoms with van der Waals surface area (Å²) in [6.45, 7) is 1.96. The van der Waals surface area contributed by atoms with E-state index in [2.05, 4.69) is 10.3 Å². The third-order valence-corrected chi connectivity index (χ3v) is 3.13. The van der Waals surface area contributed by atoms with Gasteiger partial charge in [-0.3, -0.25) is 4.79 Å². The molecule has 2 heterocycles. The normalized spacial score (nSPS) is 12.5.